The molecule has 28 heavy (non-hydrogen) atoms. The molecule has 0 amide bonds. The third-order valence-corrected chi connectivity index (χ3v) is 3.93. The first-order chi connectivity index (χ1) is 13.5. The van der Waals surface area contributed by atoms with Crippen molar-refractivity contribution in [1.82, 2.24) is 14.8 Å². The molecule has 0 spiro atoms. The van der Waals surface area contributed by atoms with Crippen LogP contribution in [0, 0.1) is 6.92 Å². The number of aryl methyl sites for hydroxylation is 1. The summed E-state index contributed by atoms with van der Waals surface area (Å²) in [6, 6.07) is 8.17. The molecular weight excluding hydrogens is 360 g/mol. The number of nitrogens with zero attached hydrogens (tertiary/aromatic N) is 3. The third kappa shape index (κ3) is 4.98. The summed E-state index contributed by atoms with van der Waals surface area (Å²) in [4.78, 5) is 15.5. The van der Waals surface area contributed by atoms with Gasteiger partial charge in [-0.2, -0.15) is 5.10 Å². The maximum Gasteiger partial charge on any atom is 0.320 e. The van der Waals surface area contributed by atoms with Crippen LogP contribution >= 0.6 is 0 Å². The van der Waals surface area contributed by atoms with E-state index in [2.05, 4.69) is 10.1 Å². The van der Waals surface area contributed by atoms with Gasteiger partial charge < -0.3 is 20.3 Å². The van der Waals surface area contributed by atoms with E-state index in [4.69, 9.17) is 20.3 Å². The van der Waals surface area contributed by atoms with E-state index in [-0.39, 0.29) is 13.0 Å². The van der Waals surface area contributed by atoms with Crippen molar-refractivity contribution >= 4 is 16.9 Å². The number of nitrogens with two attached hydrogens (primary N) is 1. The molecule has 8 heteroatoms. The van der Waals surface area contributed by atoms with Crippen molar-refractivity contribution in [1.29, 1.82) is 0 Å². The number of aliphatic carboxylic acids is 1. The lowest BCUT2D eigenvalue weighted by atomic mass is 10.2. The van der Waals surface area contributed by atoms with Gasteiger partial charge in [0.25, 0.3) is 0 Å². The topological polar surface area (TPSA) is 112 Å². The fraction of sp³-hybridized carbons (Fsp3) is 0.350. The summed E-state index contributed by atoms with van der Waals surface area (Å²) in [7, 11) is 1.59. The first-order valence-electron chi connectivity index (χ1n) is 9.10. The average molecular weight is 386 g/mol. The number of methoxy groups -OCH3 is 1. The van der Waals surface area contributed by atoms with E-state index in [1.54, 1.807) is 17.9 Å². The number of rotatable bonds is 7. The highest BCUT2D eigenvalue weighted by atomic mass is 16.5. The van der Waals surface area contributed by atoms with Crippen LogP contribution in [0.15, 0.2) is 36.5 Å². The minimum Gasteiger partial charge on any atom is -0.497 e. The lowest BCUT2D eigenvalue weighted by Gasteiger charge is -2.13. The fourth-order valence-corrected chi connectivity index (χ4v) is 2.49. The molecule has 3 aromatic rings. The molecule has 1 atom stereocenters. The van der Waals surface area contributed by atoms with Crippen LogP contribution in [0.2, 0.25) is 0 Å². The monoisotopic (exact) mass is 386 g/mol. The standard InChI is InChI=1S/C18H20N4O4.C2H6/c1-11-5-7-22(21-11)17-10-16(26-8-6-14(19)18(23)24)13-4-3-12(25-2)9-15(13)20-17;1-2/h3-5,7,9-10,14H,6,8,19H2,1-2H3,(H,23,24);1-2H3. The van der Waals surface area contributed by atoms with Crippen LogP contribution < -0.4 is 15.2 Å². The number of hydrogen-bond donors (Lipinski definition) is 2. The number of aromatic nitrogens is 3. The molecular formula is C20H26N4O4. The molecule has 2 heterocycles. The van der Waals surface area contributed by atoms with Gasteiger partial charge in [0.2, 0.25) is 0 Å². The van der Waals surface area contributed by atoms with Crippen LogP contribution in [0.4, 0.5) is 0 Å². The molecule has 0 aliphatic carbocycles. The Labute approximate surface area is 163 Å². The van der Waals surface area contributed by atoms with Crippen LogP contribution in [-0.4, -0.2) is 45.6 Å². The van der Waals surface area contributed by atoms with Crippen LogP contribution in [0.5, 0.6) is 11.5 Å². The predicted octanol–water partition coefficient (Wildman–Crippen LogP) is 2.94. The molecule has 0 aliphatic heterocycles. The molecule has 1 aromatic carbocycles. The zero-order valence-corrected chi connectivity index (χ0v) is 16.5. The van der Waals surface area contributed by atoms with Crippen LogP contribution in [-0.2, 0) is 4.79 Å². The Bertz CT molecular complexity index is 939. The molecule has 1 unspecified atom stereocenters. The Morgan fingerprint density at radius 2 is 2.04 bits per heavy atom. The number of fused-ring (bicyclic) bond motifs is 1. The fourth-order valence-electron chi connectivity index (χ4n) is 2.49. The Morgan fingerprint density at radius 1 is 1.29 bits per heavy atom. The quantitative estimate of drug-likeness (QED) is 0.642. The number of carbonyl (C=O) groups is 1. The van der Waals surface area contributed by atoms with Crippen molar-refractivity contribution in [3.05, 3.63) is 42.2 Å². The van der Waals surface area contributed by atoms with Crippen molar-refractivity contribution in [2.75, 3.05) is 13.7 Å². The summed E-state index contributed by atoms with van der Waals surface area (Å²) in [5, 5.41) is 14.1. The Morgan fingerprint density at radius 3 is 2.64 bits per heavy atom. The van der Waals surface area contributed by atoms with Gasteiger partial charge in [0.05, 0.1) is 24.9 Å². The third-order valence-electron chi connectivity index (χ3n) is 3.93. The summed E-state index contributed by atoms with van der Waals surface area (Å²) in [5.41, 5.74) is 7.09. The number of ether oxygens (including phenoxy) is 2. The molecule has 0 radical (unpaired) electrons. The highest BCUT2D eigenvalue weighted by Gasteiger charge is 2.14. The molecule has 0 bridgehead atoms. The minimum atomic E-state index is -1.05. The molecule has 0 fully saturated rings. The van der Waals surface area contributed by atoms with E-state index in [1.807, 2.05) is 51.2 Å². The first-order valence-corrected chi connectivity index (χ1v) is 9.10. The average Bonchev–Trinajstić information content (AvgIpc) is 3.15. The van der Waals surface area contributed by atoms with Gasteiger partial charge in [0.1, 0.15) is 17.5 Å². The summed E-state index contributed by atoms with van der Waals surface area (Å²) in [6.45, 7) is 6.07. The van der Waals surface area contributed by atoms with Gasteiger partial charge in [-0.05, 0) is 25.1 Å². The summed E-state index contributed by atoms with van der Waals surface area (Å²) >= 11 is 0. The van der Waals surface area contributed by atoms with Crippen LogP contribution in [0.1, 0.15) is 26.0 Å². The second-order valence-electron chi connectivity index (χ2n) is 5.85. The number of benzene rings is 1. The van der Waals surface area contributed by atoms with Gasteiger partial charge in [-0.25, -0.2) is 9.67 Å². The molecule has 3 rings (SSSR count). The smallest absolute Gasteiger partial charge is 0.320 e. The summed E-state index contributed by atoms with van der Waals surface area (Å²) < 4.78 is 12.7. The molecule has 0 saturated carbocycles. The lowest BCUT2D eigenvalue weighted by Crippen LogP contribution is -2.31. The van der Waals surface area contributed by atoms with E-state index in [9.17, 15) is 4.79 Å². The lowest BCUT2D eigenvalue weighted by molar-refractivity contribution is -0.138. The Balaban J connectivity index is 0.00000136. The molecule has 3 N–H and O–H groups in total. The van der Waals surface area contributed by atoms with E-state index < -0.39 is 12.0 Å². The van der Waals surface area contributed by atoms with Gasteiger partial charge in [-0.1, -0.05) is 13.8 Å². The molecule has 8 nitrogen and oxygen atoms in total. The van der Waals surface area contributed by atoms with Crippen molar-refractivity contribution in [3.63, 3.8) is 0 Å². The summed E-state index contributed by atoms with van der Waals surface area (Å²) in [6.07, 6.45) is 2.01. The van der Waals surface area contributed by atoms with Crippen molar-refractivity contribution < 1.29 is 19.4 Å². The number of pyridine rings is 1. The van der Waals surface area contributed by atoms with Crippen molar-refractivity contribution in [2.24, 2.45) is 5.73 Å². The highest BCUT2D eigenvalue weighted by Crippen LogP contribution is 2.29. The minimum absolute atomic E-state index is 0.177. The number of carboxylic acid groups (broad SMARTS) is 1. The van der Waals surface area contributed by atoms with E-state index in [0.29, 0.717) is 22.8 Å². The van der Waals surface area contributed by atoms with Gasteiger partial charge in [0, 0.05) is 30.1 Å². The number of carboxylic acids is 1. The zero-order chi connectivity index (χ0) is 20.7. The van der Waals surface area contributed by atoms with Crippen LogP contribution in [0.25, 0.3) is 16.7 Å². The van der Waals surface area contributed by atoms with Gasteiger partial charge in [-0.3, -0.25) is 4.79 Å². The molecule has 150 valence electrons. The summed E-state index contributed by atoms with van der Waals surface area (Å²) in [5.74, 6) is 0.804. The maximum absolute atomic E-state index is 10.8. The Kier molecular flexibility index (Phi) is 7.34. The number of hydrogen-bond acceptors (Lipinski definition) is 6. The van der Waals surface area contributed by atoms with Crippen LogP contribution in [0.3, 0.4) is 0 Å². The van der Waals surface area contributed by atoms with E-state index >= 15 is 0 Å². The largest absolute Gasteiger partial charge is 0.497 e. The van der Waals surface area contributed by atoms with E-state index in [0.717, 1.165) is 11.1 Å². The molecule has 0 saturated heterocycles. The van der Waals surface area contributed by atoms with E-state index in [1.165, 1.54) is 0 Å². The van der Waals surface area contributed by atoms with Crippen molar-refractivity contribution in [3.8, 4) is 17.3 Å². The second kappa shape index (κ2) is 9.70. The Hall–Kier alpha value is -3.13. The van der Waals surface area contributed by atoms with Crippen molar-refractivity contribution in [2.45, 2.75) is 33.2 Å². The van der Waals surface area contributed by atoms with Gasteiger partial charge >= 0.3 is 5.97 Å². The molecule has 0 aliphatic rings. The zero-order valence-electron chi connectivity index (χ0n) is 16.5. The normalized spacial score (nSPS) is 11.5. The predicted molar refractivity (Wildman–Crippen MR) is 107 cm³/mol. The second-order valence-corrected chi connectivity index (χ2v) is 5.85. The van der Waals surface area contributed by atoms with Gasteiger partial charge in [-0.15, -0.1) is 0 Å². The van der Waals surface area contributed by atoms with Gasteiger partial charge in [0.15, 0.2) is 5.82 Å². The molecule has 2 aromatic heterocycles. The SMILES string of the molecule is CC.COc1ccc2c(OCCC(N)C(=O)O)cc(-n3ccc(C)n3)nc2c1. The highest BCUT2D eigenvalue weighted by molar-refractivity contribution is 5.87. The maximum atomic E-state index is 10.8. The first kappa shape index (κ1) is 21.2.